The highest BCUT2D eigenvalue weighted by Gasteiger charge is 2.28. The summed E-state index contributed by atoms with van der Waals surface area (Å²) in [6.45, 7) is 0.612. The van der Waals surface area contributed by atoms with Gasteiger partial charge in [-0.1, -0.05) is 12.1 Å². The molecule has 0 saturated heterocycles. The molecule has 1 aliphatic heterocycles. The second-order valence-corrected chi connectivity index (χ2v) is 5.42. The van der Waals surface area contributed by atoms with Crippen LogP contribution in [0.4, 0.5) is 13.2 Å². The number of hydrogen-bond donors (Lipinski definition) is 1. The topological polar surface area (TPSA) is 29.1 Å². The third-order valence-corrected chi connectivity index (χ3v) is 3.80. The molecule has 0 saturated carbocycles. The highest BCUT2D eigenvalue weighted by molar-refractivity contribution is 6.20. The first-order valence-electron chi connectivity index (χ1n) is 6.48. The summed E-state index contributed by atoms with van der Waals surface area (Å²) in [7, 11) is 0. The molecule has 0 spiro atoms. The Hall–Kier alpha value is -1.23. The van der Waals surface area contributed by atoms with Crippen molar-refractivity contribution in [1.82, 2.24) is 5.32 Å². The molecule has 20 heavy (non-hydrogen) atoms. The fraction of sp³-hybridized carbons (Fsp3) is 0.500. The van der Waals surface area contributed by atoms with Crippen molar-refractivity contribution in [2.75, 3.05) is 6.54 Å². The lowest BCUT2D eigenvalue weighted by molar-refractivity contribution is -0.135. The number of halogens is 4. The average molecular weight is 306 g/mol. The minimum Gasteiger partial charge on any atom is -0.352 e. The normalized spacial score (nSPS) is 17.1. The minimum absolute atomic E-state index is 0.181. The van der Waals surface area contributed by atoms with Crippen LogP contribution in [0.5, 0.6) is 0 Å². The summed E-state index contributed by atoms with van der Waals surface area (Å²) in [5.41, 5.74) is 2.01. The van der Waals surface area contributed by atoms with Crippen LogP contribution in [0.15, 0.2) is 18.2 Å². The second-order valence-electron chi connectivity index (χ2n) is 4.90. The molecular formula is C14H15ClF3NO. The molecule has 6 heteroatoms. The standard InChI is InChI=1S/C14H15ClF3NO/c15-12(5-6-14(16,17)18)10-4-3-9-2-1-7-19-13(20)11(9)8-10/h3-4,8,12H,1-2,5-7H2,(H,19,20). The van der Waals surface area contributed by atoms with E-state index in [1.54, 1.807) is 18.2 Å². The highest BCUT2D eigenvalue weighted by Crippen LogP contribution is 2.32. The van der Waals surface area contributed by atoms with Gasteiger partial charge in [0, 0.05) is 18.5 Å². The van der Waals surface area contributed by atoms with E-state index in [4.69, 9.17) is 11.6 Å². The molecule has 2 nitrogen and oxygen atoms in total. The van der Waals surface area contributed by atoms with Crippen molar-refractivity contribution in [2.45, 2.75) is 37.2 Å². The highest BCUT2D eigenvalue weighted by atomic mass is 35.5. The number of rotatable bonds is 3. The van der Waals surface area contributed by atoms with Crippen molar-refractivity contribution in [3.8, 4) is 0 Å². The molecule has 1 heterocycles. The van der Waals surface area contributed by atoms with E-state index in [9.17, 15) is 18.0 Å². The summed E-state index contributed by atoms with van der Waals surface area (Å²) in [6, 6.07) is 5.12. The SMILES string of the molecule is O=C1NCCCc2ccc(C(Cl)CCC(F)(F)F)cc21. The van der Waals surface area contributed by atoms with Gasteiger partial charge in [0.2, 0.25) is 0 Å². The van der Waals surface area contributed by atoms with Gasteiger partial charge >= 0.3 is 6.18 Å². The van der Waals surface area contributed by atoms with E-state index in [0.29, 0.717) is 17.7 Å². The molecule has 2 rings (SSSR count). The molecule has 0 aromatic heterocycles. The van der Waals surface area contributed by atoms with E-state index in [-0.39, 0.29) is 12.3 Å². The number of hydrogen-bond acceptors (Lipinski definition) is 1. The molecule has 0 radical (unpaired) electrons. The van der Waals surface area contributed by atoms with E-state index in [0.717, 1.165) is 18.4 Å². The Morgan fingerprint density at radius 1 is 1.35 bits per heavy atom. The van der Waals surface area contributed by atoms with Crippen LogP contribution in [0.2, 0.25) is 0 Å². The zero-order valence-electron chi connectivity index (χ0n) is 10.8. The van der Waals surface area contributed by atoms with Crippen LogP contribution in [0.25, 0.3) is 0 Å². The number of nitrogens with one attached hydrogen (secondary N) is 1. The average Bonchev–Trinajstić information content (AvgIpc) is 2.57. The maximum Gasteiger partial charge on any atom is 0.389 e. The fourth-order valence-corrected chi connectivity index (χ4v) is 2.50. The van der Waals surface area contributed by atoms with Gasteiger partial charge in [-0.05, 0) is 36.5 Å². The molecular weight excluding hydrogens is 291 g/mol. The zero-order valence-corrected chi connectivity index (χ0v) is 11.5. The smallest absolute Gasteiger partial charge is 0.352 e. The Morgan fingerprint density at radius 3 is 2.80 bits per heavy atom. The second kappa shape index (κ2) is 6.04. The van der Waals surface area contributed by atoms with Gasteiger partial charge in [0.25, 0.3) is 5.91 Å². The van der Waals surface area contributed by atoms with Crippen molar-refractivity contribution in [3.05, 3.63) is 34.9 Å². The molecule has 1 N–H and O–H groups in total. The van der Waals surface area contributed by atoms with Gasteiger partial charge in [0.1, 0.15) is 0 Å². The fourth-order valence-electron chi connectivity index (χ4n) is 2.25. The number of aryl methyl sites for hydroxylation is 1. The Kier molecular flexibility index (Phi) is 4.58. The van der Waals surface area contributed by atoms with Crippen LogP contribution in [0.1, 0.15) is 46.1 Å². The predicted octanol–water partition coefficient (Wildman–Crippen LogP) is 3.99. The molecule has 0 bridgehead atoms. The largest absolute Gasteiger partial charge is 0.389 e. The predicted molar refractivity (Wildman–Crippen MR) is 71.0 cm³/mol. The molecule has 1 aliphatic rings. The first kappa shape index (κ1) is 15.2. The summed E-state index contributed by atoms with van der Waals surface area (Å²) in [5.74, 6) is -0.181. The van der Waals surface area contributed by atoms with E-state index < -0.39 is 18.0 Å². The third kappa shape index (κ3) is 3.88. The summed E-state index contributed by atoms with van der Waals surface area (Å²) in [5, 5.41) is 2.02. The Balaban J connectivity index is 2.15. The van der Waals surface area contributed by atoms with Crippen molar-refractivity contribution < 1.29 is 18.0 Å². The lowest BCUT2D eigenvalue weighted by Crippen LogP contribution is -2.22. The lowest BCUT2D eigenvalue weighted by Gasteiger charge is -2.14. The van der Waals surface area contributed by atoms with Crippen LogP contribution < -0.4 is 5.32 Å². The van der Waals surface area contributed by atoms with Crippen LogP contribution >= 0.6 is 11.6 Å². The van der Waals surface area contributed by atoms with Gasteiger partial charge in [-0.15, -0.1) is 11.6 Å². The van der Waals surface area contributed by atoms with Crippen molar-refractivity contribution in [1.29, 1.82) is 0 Å². The minimum atomic E-state index is -4.21. The quantitative estimate of drug-likeness (QED) is 0.841. The van der Waals surface area contributed by atoms with Gasteiger partial charge in [0.05, 0.1) is 5.38 Å². The van der Waals surface area contributed by atoms with Crippen molar-refractivity contribution >= 4 is 17.5 Å². The maximum absolute atomic E-state index is 12.2. The van der Waals surface area contributed by atoms with Crippen molar-refractivity contribution in [3.63, 3.8) is 0 Å². The maximum atomic E-state index is 12.2. The number of amides is 1. The van der Waals surface area contributed by atoms with E-state index in [1.807, 2.05) is 0 Å². The first-order chi connectivity index (χ1) is 9.37. The molecule has 1 atom stereocenters. The van der Waals surface area contributed by atoms with Gasteiger partial charge in [-0.2, -0.15) is 13.2 Å². The molecule has 0 fully saturated rings. The van der Waals surface area contributed by atoms with Gasteiger partial charge in [-0.3, -0.25) is 4.79 Å². The molecule has 1 amide bonds. The van der Waals surface area contributed by atoms with Gasteiger partial charge in [0.15, 0.2) is 0 Å². The van der Waals surface area contributed by atoms with E-state index in [2.05, 4.69) is 5.32 Å². The monoisotopic (exact) mass is 305 g/mol. The zero-order chi connectivity index (χ0) is 14.8. The first-order valence-corrected chi connectivity index (χ1v) is 6.92. The number of carbonyl (C=O) groups excluding carboxylic acids is 1. The molecule has 110 valence electrons. The Morgan fingerprint density at radius 2 is 2.10 bits per heavy atom. The summed E-state index contributed by atoms with van der Waals surface area (Å²) in [6.07, 6.45) is -3.69. The summed E-state index contributed by atoms with van der Waals surface area (Å²) >= 11 is 6.01. The van der Waals surface area contributed by atoms with Crippen LogP contribution in [-0.2, 0) is 6.42 Å². The molecule has 1 aromatic rings. The third-order valence-electron chi connectivity index (χ3n) is 3.33. The number of carbonyl (C=O) groups is 1. The molecule has 0 aliphatic carbocycles. The molecule has 1 unspecified atom stereocenters. The summed E-state index contributed by atoms with van der Waals surface area (Å²) in [4.78, 5) is 11.9. The van der Waals surface area contributed by atoms with Gasteiger partial charge in [-0.25, -0.2) is 0 Å². The van der Waals surface area contributed by atoms with Gasteiger partial charge < -0.3 is 5.32 Å². The Labute approximate surface area is 120 Å². The van der Waals surface area contributed by atoms with E-state index in [1.165, 1.54) is 0 Å². The van der Waals surface area contributed by atoms with Crippen LogP contribution in [0, 0.1) is 0 Å². The summed E-state index contributed by atoms with van der Waals surface area (Å²) < 4.78 is 36.6. The number of benzene rings is 1. The van der Waals surface area contributed by atoms with Crippen molar-refractivity contribution in [2.24, 2.45) is 0 Å². The van der Waals surface area contributed by atoms with Crippen LogP contribution in [0.3, 0.4) is 0 Å². The molecule has 1 aromatic carbocycles. The Bertz CT molecular complexity index is 502. The van der Waals surface area contributed by atoms with E-state index >= 15 is 0 Å². The number of alkyl halides is 4. The lowest BCUT2D eigenvalue weighted by atomic mass is 9.98. The number of fused-ring (bicyclic) bond motifs is 1. The van der Waals surface area contributed by atoms with Crippen LogP contribution in [-0.4, -0.2) is 18.6 Å².